The van der Waals surface area contributed by atoms with Gasteiger partial charge in [0, 0.05) is 15.6 Å². The summed E-state index contributed by atoms with van der Waals surface area (Å²) >= 11 is 1.55. The molecular weight excluding hydrogens is 185 g/mol. The predicted octanol–water partition coefficient (Wildman–Crippen LogP) is 3.06. The summed E-state index contributed by atoms with van der Waals surface area (Å²) in [5.41, 5.74) is 5.73. The lowest BCUT2D eigenvalue weighted by atomic mass is 10.2. The Morgan fingerprint density at radius 3 is 2.85 bits per heavy atom. The van der Waals surface area contributed by atoms with Crippen LogP contribution in [0.2, 0.25) is 0 Å². The fraction of sp³-hybridized carbons (Fsp3) is 0.200. The largest absolute Gasteiger partial charge is 0.324 e. The van der Waals surface area contributed by atoms with E-state index in [9.17, 15) is 4.39 Å². The third-order valence-electron chi connectivity index (χ3n) is 1.95. The summed E-state index contributed by atoms with van der Waals surface area (Å²) in [4.78, 5) is 1.10. The van der Waals surface area contributed by atoms with Gasteiger partial charge >= 0.3 is 0 Å². The van der Waals surface area contributed by atoms with Gasteiger partial charge in [0.1, 0.15) is 5.82 Å². The fourth-order valence-corrected chi connectivity index (χ4v) is 2.29. The van der Waals surface area contributed by atoms with Gasteiger partial charge in [0.15, 0.2) is 0 Å². The molecule has 1 atom stereocenters. The topological polar surface area (TPSA) is 26.0 Å². The second kappa shape index (κ2) is 3.09. The Hall–Kier alpha value is -0.930. The van der Waals surface area contributed by atoms with E-state index in [1.807, 2.05) is 13.0 Å². The number of nitrogens with two attached hydrogens (primary N) is 1. The highest BCUT2D eigenvalue weighted by Crippen LogP contribution is 2.29. The Kier molecular flexibility index (Phi) is 2.06. The van der Waals surface area contributed by atoms with Crippen LogP contribution in [0.5, 0.6) is 0 Å². The van der Waals surface area contributed by atoms with E-state index in [0.29, 0.717) is 0 Å². The van der Waals surface area contributed by atoms with Crippen LogP contribution in [0.25, 0.3) is 10.1 Å². The van der Waals surface area contributed by atoms with E-state index < -0.39 is 0 Å². The van der Waals surface area contributed by atoms with Crippen molar-refractivity contribution < 1.29 is 4.39 Å². The molecule has 0 amide bonds. The number of hydrogen-bond acceptors (Lipinski definition) is 2. The summed E-state index contributed by atoms with van der Waals surface area (Å²) in [5.74, 6) is -0.189. The fourth-order valence-electron chi connectivity index (χ4n) is 1.25. The van der Waals surface area contributed by atoms with Crippen molar-refractivity contribution in [1.82, 2.24) is 0 Å². The molecule has 2 aromatic rings. The minimum absolute atomic E-state index is 0.0282. The van der Waals surface area contributed by atoms with Gasteiger partial charge in [-0.15, -0.1) is 11.3 Å². The monoisotopic (exact) mass is 195 g/mol. The van der Waals surface area contributed by atoms with Crippen molar-refractivity contribution in [1.29, 1.82) is 0 Å². The van der Waals surface area contributed by atoms with Crippen molar-refractivity contribution in [2.45, 2.75) is 13.0 Å². The summed E-state index contributed by atoms with van der Waals surface area (Å²) in [6.45, 7) is 1.93. The van der Waals surface area contributed by atoms with Crippen molar-refractivity contribution in [3.05, 3.63) is 35.0 Å². The molecule has 1 heterocycles. The van der Waals surface area contributed by atoms with Crippen LogP contribution in [0.3, 0.4) is 0 Å². The molecule has 0 spiro atoms. The molecule has 0 saturated heterocycles. The van der Waals surface area contributed by atoms with E-state index in [4.69, 9.17) is 5.73 Å². The first-order valence-electron chi connectivity index (χ1n) is 4.11. The molecule has 0 aliphatic carbocycles. The second-order valence-corrected chi connectivity index (χ2v) is 4.23. The molecule has 0 fully saturated rings. The third kappa shape index (κ3) is 1.57. The zero-order chi connectivity index (χ0) is 9.42. The average Bonchev–Trinajstić information content (AvgIpc) is 2.46. The molecular formula is C10H10FNS. The smallest absolute Gasteiger partial charge is 0.124 e. The molecule has 1 aromatic heterocycles. The van der Waals surface area contributed by atoms with Crippen LogP contribution in [0.15, 0.2) is 24.3 Å². The molecule has 2 N–H and O–H groups in total. The lowest BCUT2D eigenvalue weighted by Crippen LogP contribution is -2.01. The Labute approximate surface area is 80.0 Å². The number of thiophene rings is 1. The van der Waals surface area contributed by atoms with Gasteiger partial charge in [0.25, 0.3) is 0 Å². The van der Waals surface area contributed by atoms with E-state index >= 15 is 0 Å². The van der Waals surface area contributed by atoms with Crippen LogP contribution >= 0.6 is 11.3 Å². The number of benzene rings is 1. The van der Waals surface area contributed by atoms with Gasteiger partial charge in [-0.25, -0.2) is 4.39 Å². The van der Waals surface area contributed by atoms with Crippen LogP contribution in [0.4, 0.5) is 4.39 Å². The Morgan fingerprint density at radius 1 is 1.38 bits per heavy atom. The van der Waals surface area contributed by atoms with E-state index in [2.05, 4.69) is 0 Å². The minimum atomic E-state index is -0.189. The predicted molar refractivity (Wildman–Crippen MR) is 54.4 cm³/mol. The summed E-state index contributed by atoms with van der Waals surface area (Å²) in [7, 11) is 0. The highest BCUT2D eigenvalue weighted by molar-refractivity contribution is 7.19. The summed E-state index contributed by atoms with van der Waals surface area (Å²) in [6, 6.07) is 6.85. The maximum atomic E-state index is 12.8. The van der Waals surface area contributed by atoms with Gasteiger partial charge in [0.2, 0.25) is 0 Å². The molecule has 2 rings (SSSR count). The normalized spacial score (nSPS) is 13.5. The van der Waals surface area contributed by atoms with E-state index in [1.54, 1.807) is 23.5 Å². The number of rotatable bonds is 1. The number of halogens is 1. The first-order valence-corrected chi connectivity index (χ1v) is 4.93. The van der Waals surface area contributed by atoms with Crippen LogP contribution in [0.1, 0.15) is 17.8 Å². The molecule has 0 aliphatic heterocycles. The number of hydrogen-bond donors (Lipinski definition) is 1. The highest BCUT2D eigenvalue weighted by Gasteiger charge is 2.05. The van der Waals surface area contributed by atoms with Gasteiger partial charge < -0.3 is 5.73 Å². The Bertz CT molecular complexity index is 433. The summed E-state index contributed by atoms with van der Waals surface area (Å²) in [5, 5.41) is 1.07. The molecule has 0 radical (unpaired) electrons. The zero-order valence-electron chi connectivity index (χ0n) is 7.25. The van der Waals surface area contributed by atoms with Crippen molar-refractivity contribution in [3.63, 3.8) is 0 Å². The first kappa shape index (κ1) is 8.66. The molecule has 0 aliphatic rings. The lowest BCUT2D eigenvalue weighted by molar-refractivity contribution is 0.630. The molecule has 1 aromatic carbocycles. The maximum Gasteiger partial charge on any atom is 0.124 e. The van der Waals surface area contributed by atoms with Gasteiger partial charge in [-0.1, -0.05) is 6.07 Å². The van der Waals surface area contributed by atoms with E-state index in [0.717, 1.165) is 15.0 Å². The van der Waals surface area contributed by atoms with E-state index in [1.165, 1.54) is 6.07 Å². The minimum Gasteiger partial charge on any atom is -0.324 e. The average molecular weight is 195 g/mol. The van der Waals surface area contributed by atoms with Crippen LogP contribution < -0.4 is 5.73 Å². The van der Waals surface area contributed by atoms with Crippen LogP contribution in [0, 0.1) is 5.82 Å². The third-order valence-corrected chi connectivity index (χ3v) is 3.25. The number of fused-ring (bicyclic) bond motifs is 1. The molecule has 3 heteroatoms. The molecule has 13 heavy (non-hydrogen) atoms. The lowest BCUT2D eigenvalue weighted by Gasteiger charge is -1.96. The van der Waals surface area contributed by atoms with Crippen LogP contribution in [-0.4, -0.2) is 0 Å². The maximum absolute atomic E-state index is 12.8. The van der Waals surface area contributed by atoms with Crippen molar-refractivity contribution in [3.8, 4) is 0 Å². The molecule has 68 valence electrons. The Balaban J connectivity index is 2.62. The van der Waals surface area contributed by atoms with E-state index in [-0.39, 0.29) is 11.9 Å². The zero-order valence-corrected chi connectivity index (χ0v) is 8.07. The second-order valence-electron chi connectivity index (χ2n) is 3.12. The SMILES string of the molecule is CC(N)c1cc2ccc(F)cc2s1. The van der Waals surface area contributed by atoms with Gasteiger partial charge in [-0.05, 0) is 30.5 Å². The Morgan fingerprint density at radius 2 is 2.15 bits per heavy atom. The summed E-state index contributed by atoms with van der Waals surface area (Å²) < 4.78 is 13.8. The van der Waals surface area contributed by atoms with Crippen molar-refractivity contribution >= 4 is 21.4 Å². The molecule has 0 saturated carbocycles. The van der Waals surface area contributed by atoms with Gasteiger partial charge in [-0.2, -0.15) is 0 Å². The van der Waals surface area contributed by atoms with Crippen molar-refractivity contribution in [2.24, 2.45) is 5.73 Å². The van der Waals surface area contributed by atoms with Crippen molar-refractivity contribution in [2.75, 3.05) is 0 Å². The quantitative estimate of drug-likeness (QED) is 0.743. The molecule has 0 bridgehead atoms. The summed E-state index contributed by atoms with van der Waals surface area (Å²) in [6.07, 6.45) is 0. The first-order chi connectivity index (χ1) is 6.16. The van der Waals surface area contributed by atoms with Crippen LogP contribution in [-0.2, 0) is 0 Å². The van der Waals surface area contributed by atoms with Gasteiger partial charge in [0.05, 0.1) is 0 Å². The molecule has 1 unspecified atom stereocenters. The molecule has 1 nitrogen and oxygen atoms in total. The van der Waals surface area contributed by atoms with Gasteiger partial charge in [-0.3, -0.25) is 0 Å². The standard InChI is InChI=1S/C10H10FNS/c1-6(12)9-4-7-2-3-8(11)5-10(7)13-9/h2-6H,12H2,1H3. The highest BCUT2D eigenvalue weighted by atomic mass is 32.1.